The van der Waals surface area contributed by atoms with Gasteiger partial charge < -0.3 is 0 Å². The number of benzene rings is 7. The van der Waals surface area contributed by atoms with Crippen molar-refractivity contribution in [1.29, 1.82) is 0 Å². The summed E-state index contributed by atoms with van der Waals surface area (Å²) in [7, 11) is 0. The molecule has 6 heteroatoms. The van der Waals surface area contributed by atoms with Gasteiger partial charge in [0.15, 0.2) is 17.5 Å². The molecule has 9 aromatic rings. The molecule has 7 aromatic carbocycles. The van der Waals surface area contributed by atoms with E-state index in [0.29, 0.717) is 35.0 Å². The zero-order valence-electron chi connectivity index (χ0n) is 34.1. The third-order valence-corrected chi connectivity index (χ3v) is 12.0. The highest BCUT2D eigenvalue weighted by Crippen LogP contribution is 2.54. The number of halogens is 2. The minimum atomic E-state index is -3.03. The Labute approximate surface area is 364 Å². The normalized spacial score (nSPS) is 13.9. The van der Waals surface area contributed by atoms with Gasteiger partial charge in [-0.1, -0.05) is 188 Å². The molecule has 0 saturated heterocycles. The summed E-state index contributed by atoms with van der Waals surface area (Å²) >= 11 is 0. The van der Waals surface area contributed by atoms with Gasteiger partial charge in [-0.2, -0.15) is 8.78 Å². The maximum atomic E-state index is 16.1. The van der Waals surface area contributed by atoms with Crippen molar-refractivity contribution in [1.82, 2.24) is 19.9 Å². The minimum absolute atomic E-state index is 0.0615. The molecule has 4 nitrogen and oxygen atoms in total. The van der Waals surface area contributed by atoms with Crippen molar-refractivity contribution in [3.05, 3.63) is 229 Å². The molecule has 0 saturated carbocycles. The fraction of sp³-hybridized carbons (Fsp3) is 0.0526. The topological polar surface area (TPSA) is 51.6 Å². The van der Waals surface area contributed by atoms with E-state index in [1.807, 2.05) is 133 Å². The molecule has 0 N–H and O–H groups in total. The summed E-state index contributed by atoms with van der Waals surface area (Å²) in [6.07, 6.45) is 2.81. The van der Waals surface area contributed by atoms with Gasteiger partial charge in [-0.25, -0.2) is 19.9 Å². The first kappa shape index (κ1) is 38.0. The molecule has 300 valence electrons. The Morgan fingerprint density at radius 2 is 0.762 bits per heavy atom. The third kappa shape index (κ3) is 7.25. The number of hydrogen-bond donors (Lipinski definition) is 0. The molecule has 0 spiro atoms. The number of nitrogens with zero attached hydrogens (tertiary/aromatic N) is 4. The molecule has 0 aliphatic heterocycles. The SMILES string of the molecule is FC1(F)C2=C(C=C(c3ccc(-c4cc(-c5ccccc5)cc(-c5ccccc5)n4)cc3)CC2)c2cc(-c3ccc(-c4nc(-c5ccccc5)nc(-c5ccccc5)n4)cc3)ccc21. The molecule has 2 heterocycles. The summed E-state index contributed by atoms with van der Waals surface area (Å²) in [5.74, 6) is -1.30. The van der Waals surface area contributed by atoms with Gasteiger partial charge >= 0.3 is 0 Å². The van der Waals surface area contributed by atoms with Gasteiger partial charge in [0.1, 0.15) is 0 Å². The number of aromatic nitrogens is 4. The molecular weight excluding hydrogens is 779 g/mol. The lowest BCUT2D eigenvalue weighted by Gasteiger charge is -2.20. The monoisotopic (exact) mass is 816 g/mol. The highest BCUT2D eigenvalue weighted by Gasteiger charge is 2.46. The minimum Gasteiger partial charge on any atom is -0.248 e. The molecule has 11 rings (SSSR count). The average molecular weight is 817 g/mol. The molecule has 63 heavy (non-hydrogen) atoms. The van der Waals surface area contributed by atoms with Crippen LogP contribution in [0.5, 0.6) is 0 Å². The Bertz CT molecular complexity index is 3080. The second-order valence-corrected chi connectivity index (χ2v) is 15.9. The van der Waals surface area contributed by atoms with Gasteiger partial charge in [-0.3, -0.25) is 0 Å². The molecule has 0 amide bonds. The first-order valence-electron chi connectivity index (χ1n) is 21.1. The van der Waals surface area contributed by atoms with Crippen LogP contribution >= 0.6 is 0 Å². The van der Waals surface area contributed by atoms with Crippen molar-refractivity contribution >= 4 is 11.1 Å². The highest BCUT2D eigenvalue weighted by atomic mass is 19.3. The van der Waals surface area contributed by atoms with Gasteiger partial charge in [0.25, 0.3) is 5.92 Å². The molecule has 2 aliphatic carbocycles. The molecule has 0 radical (unpaired) electrons. The van der Waals surface area contributed by atoms with Crippen LogP contribution < -0.4 is 0 Å². The van der Waals surface area contributed by atoms with E-state index < -0.39 is 5.92 Å². The Morgan fingerprint density at radius 3 is 1.32 bits per heavy atom. The van der Waals surface area contributed by atoms with E-state index in [9.17, 15) is 0 Å². The van der Waals surface area contributed by atoms with Crippen LogP contribution in [0.4, 0.5) is 8.78 Å². The maximum absolute atomic E-state index is 16.1. The zero-order chi connectivity index (χ0) is 42.3. The number of rotatable bonds is 8. The van der Waals surface area contributed by atoms with E-state index >= 15 is 8.78 Å². The summed E-state index contributed by atoms with van der Waals surface area (Å²) in [6.45, 7) is 0. The Kier molecular flexibility index (Phi) is 9.54. The van der Waals surface area contributed by atoms with E-state index in [1.54, 1.807) is 12.1 Å². The molecule has 0 unspecified atom stereocenters. The van der Waals surface area contributed by atoms with Crippen LogP contribution in [0, 0.1) is 0 Å². The van der Waals surface area contributed by atoms with Crippen LogP contribution in [0.1, 0.15) is 29.5 Å². The number of alkyl halides is 2. The van der Waals surface area contributed by atoms with Crippen molar-refractivity contribution in [2.75, 3.05) is 0 Å². The number of pyridine rings is 1. The van der Waals surface area contributed by atoms with E-state index in [0.717, 1.165) is 72.6 Å². The van der Waals surface area contributed by atoms with Crippen molar-refractivity contribution in [2.45, 2.75) is 18.8 Å². The smallest absolute Gasteiger partial charge is 0.248 e. The van der Waals surface area contributed by atoms with Gasteiger partial charge in [-0.15, -0.1) is 0 Å². The first-order valence-corrected chi connectivity index (χ1v) is 21.1. The van der Waals surface area contributed by atoms with Crippen LogP contribution in [-0.4, -0.2) is 19.9 Å². The molecule has 2 aromatic heterocycles. The lowest BCUT2D eigenvalue weighted by atomic mass is 9.87. The quantitative estimate of drug-likeness (QED) is 0.153. The molecular formula is C57H38F2N4. The summed E-state index contributed by atoms with van der Waals surface area (Å²) in [6, 6.07) is 66.2. The van der Waals surface area contributed by atoms with Crippen molar-refractivity contribution in [3.63, 3.8) is 0 Å². The van der Waals surface area contributed by atoms with Crippen molar-refractivity contribution in [2.24, 2.45) is 0 Å². The molecule has 0 bridgehead atoms. The van der Waals surface area contributed by atoms with Crippen LogP contribution in [0.15, 0.2) is 212 Å². The van der Waals surface area contributed by atoms with Crippen LogP contribution in [-0.2, 0) is 5.92 Å². The predicted octanol–water partition coefficient (Wildman–Crippen LogP) is 14.7. The number of allylic oxidation sites excluding steroid dienone is 4. The highest BCUT2D eigenvalue weighted by molar-refractivity contribution is 5.94. The number of hydrogen-bond acceptors (Lipinski definition) is 4. The first-order chi connectivity index (χ1) is 30.9. The van der Waals surface area contributed by atoms with Gasteiger partial charge in [0.05, 0.1) is 11.4 Å². The summed E-state index contributed by atoms with van der Waals surface area (Å²) < 4.78 is 32.3. The van der Waals surface area contributed by atoms with Crippen LogP contribution in [0.2, 0.25) is 0 Å². The van der Waals surface area contributed by atoms with E-state index in [2.05, 4.69) is 60.7 Å². The average Bonchev–Trinajstić information content (AvgIpc) is 3.59. The maximum Gasteiger partial charge on any atom is 0.296 e. The zero-order valence-corrected chi connectivity index (χ0v) is 34.1. The van der Waals surface area contributed by atoms with E-state index in [-0.39, 0.29) is 17.6 Å². The van der Waals surface area contributed by atoms with Crippen molar-refractivity contribution in [3.8, 4) is 78.9 Å². The van der Waals surface area contributed by atoms with Gasteiger partial charge in [0.2, 0.25) is 0 Å². The molecule has 0 fully saturated rings. The van der Waals surface area contributed by atoms with Gasteiger partial charge in [0, 0.05) is 39.0 Å². The fourth-order valence-electron chi connectivity index (χ4n) is 8.74. The van der Waals surface area contributed by atoms with Crippen LogP contribution in [0.25, 0.3) is 90.1 Å². The molecule has 2 aliphatic rings. The van der Waals surface area contributed by atoms with E-state index in [4.69, 9.17) is 19.9 Å². The third-order valence-electron chi connectivity index (χ3n) is 12.0. The second-order valence-electron chi connectivity index (χ2n) is 15.9. The predicted molar refractivity (Wildman–Crippen MR) is 250 cm³/mol. The Morgan fingerprint density at radius 1 is 0.349 bits per heavy atom. The lowest BCUT2D eigenvalue weighted by molar-refractivity contribution is 0.0386. The summed E-state index contributed by atoms with van der Waals surface area (Å²) in [5, 5.41) is 0. The second kappa shape index (κ2) is 15.8. The Balaban J connectivity index is 0.898. The summed E-state index contributed by atoms with van der Waals surface area (Å²) in [4.78, 5) is 19.6. The van der Waals surface area contributed by atoms with E-state index in [1.165, 1.54) is 0 Å². The number of fused-ring (bicyclic) bond motifs is 2. The summed E-state index contributed by atoms with van der Waals surface area (Å²) in [5.41, 5.74) is 13.9. The Hall–Kier alpha value is -7.96. The standard InChI is InChI=1S/C57H38F2N4/c58-57(59)50-31-29-45(38-21-25-41(26-22-38)53-36-47(37-13-5-1-6-14-37)35-52(60-53)40-15-7-2-8-16-40)33-48(50)49-34-46(30-32-51(49)57)39-23-27-44(28-24-39)56-62-54(42-17-9-3-10-18-42)61-55(63-56)43-19-11-4-12-20-43/h1-28,30,32-36H,29,31H2. The lowest BCUT2D eigenvalue weighted by Crippen LogP contribution is -2.14. The van der Waals surface area contributed by atoms with Gasteiger partial charge in [-0.05, 0) is 75.6 Å². The van der Waals surface area contributed by atoms with Crippen molar-refractivity contribution < 1.29 is 8.78 Å². The fourth-order valence-corrected chi connectivity index (χ4v) is 8.74. The largest absolute Gasteiger partial charge is 0.296 e. The molecule has 0 atom stereocenters. The van der Waals surface area contributed by atoms with Crippen LogP contribution in [0.3, 0.4) is 0 Å².